The highest BCUT2D eigenvalue weighted by Crippen LogP contribution is 2.39. The summed E-state index contributed by atoms with van der Waals surface area (Å²) in [5.41, 5.74) is 2.10. The molecule has 1 fully saturated rings. The molecule has 0 bridgehead atoms. The molecule has 1 aromatic rings. The second-order valence-electron chi connectivity index (χ2n) is 5.87. The number of hydrogen-bond donors (Lipinski definition) is 1. The van der Waals surface area contributed by atoms with Gasteiger partial charge in [-0.2, -0.15) is 5.10 Å². The zero-order valence-electron chi connectivity index (χ0n) is 13.0. The third kappa shape index (κ3) is 3.18. The lowest BCUT2D eigenvalue weighted by molar-refractivity contribution is -0.0834. The fraction of sp³-hybridized carbons (Fsp3) is 0.800. The molecule has 1 aliphatic carbocycles. The molecule has 1 unspecified atom stereocenters. The molecule has 0 amide bonds. The van der Waals surface area contributed by atoms with Crippen molar-refractivity contribution in [3.8, 4) is 0 Å². The third-order valence-electron chi connectivity index (χ3n) is 4.51. The molecule has 0 aliphatic heterocycles. The average molecular weight is 300 g/mol. The second kappa shape index (κ2) is 6.46. The minimum absolute atomic E-state index is 0.0763. The Labute approximate surface area is 126 Å². The van der Waals surface area contributed by atoms with E-state index in [0.29, 0.717) is 6.04 Å². The van der Waals surface area contributed by atoms with Gasteiger partial charge in [0.15, 0.2) is 0 Å². The van der Waals surface area contributed by atoms with Crippen LogP contribution in [0.5, 0.6) is 0 Å². The molecule has 1 N–H and O–H groups in total. The van der Waals surface area contributed by atoms with Gasteiger partial charge in [-0.3, -0.25) is 4.68 Å². The Balaban J connectivity index is 2.09. The number of nitrogens with one attached hydrogen (secondary N) is 1. The maximum absolute atomic E-state index is 6.37. The summed E-state index contributed by atoms with van der Waals surface area (Å²) in [7, 11) is 3.80. The van der Waals surface area contributed by atoms with Gasteiger partial charge in [0.2, 0.25) is 0 Å². The first-order valence-corrected chi connectivity index (χ1v) is 7.85. The van der Waals surface area contributed by atoms with Gasteiger partial charge in [-0.15, -0.1) is 0 Å². The highest BCUT2D eigenvalue weighted by atomic mass is 35.5. The van der Waals surface area contributed by atoms with E-state index in [0.717, 1.165) is 35.8 Å². The number of methoxy groups -OCH3 is 1. The summed E-state index contributed by atoms with van der Waals surface area (Å²) in [5, 5.41) is 8.77. The van der Waals surface area contributed by atoms with Gasteiger partial charge >= 0.3 is 0 Å². The summed E-state index contributed by atoms with van der Waals surface area (Å²) in [5.74, 6) is 0. The number of nitrogens with zero attached hydrogens (tertiary/aromatic N) is 2. The summed E-state index contributed by atoms with van der Waals surface area (Å²) in [4.78, 5) is 0. The summed E-state index contributed by atoms with van der Waals surface area (Å²) < 4.78 is 7.66. The van der Waals surface area contributed by atoms with Crippen molar-refractivity contribution in [3.63, 3.8) is 0 Å². The fourth-order valence-corrected chi connectivity index (χ4v) is 3.39. The van der Waals surface area contributed by atoms with Crippen molar-refractivity contribution in [3.05, 3.63) is 16.4 Å². The SMILES string of the molecule is CCNC(Cc1c(Cl)c(C)nn1C)CC1(OC)CCC1. The number of likely N-dealkylation sites (N-methyl/N-ethyl adjacent to an activating group) is 1. The van der Waals surface area contributed by atoms with E-state index in [9.17, 15) is 0 Å². The van der Waals surface area contributed by atoms with Crippen LogP contribution in [0.2, 0.25) is 5.02 Å². The first-order chi connectivity index (χ1) is 9.51. The van der Waals surface area contributed by atoms with Crippen molar-refractivity contribution in [2.45, 2.75) is 57.6 Å². The predicted molar refractivity (Wildman–Crippen MR) is 82.3 cm³/mol. The van der Waals surface area contributed by atoms with E-state index in [-0.39, 0.29) is 5.60 Å². The van der Waals surface area contributed by atoms with Crippen molar-refractivity contribution >= 4 is 11.6 Å². The first kappa shape index (κ1) is 15.8. The van der Waals surface area contributed by atoms with E-state index < -0.39 is 0 Å². The lowest BCUT2D eigenvalue weighted by Gasteiger charge is -2.43. The van der Waals surface area contributed by atoms with Gasteiger partial charge in [-0.25, -0.2) is 0 Å². The third-order valence-corrected chi connectivity index (χ3v) is 5.00. The van der Waals surface area contributed by atoms with Crippen LogP contribution in [0.3, 0.4) is 0 Å². The van der Waals surface area contributed by atoms with Crippen LogP contribution in [0.25, 0.3) is 0 Å². The van der Waals surface area contributed by atoms with Crippen LogP contribution in [0.15, 0.2) is 0 Å². The molecule has 1 saturated carbocycles. The Morgan fingerprint density at radius 3 is 2.60 bits per heavy atom. The van der Waals surface area contributed by atoms with Crippen LogP contribution in [0.1, 0.15) is 44.0 Å². The largest absolute Gasteiger partial charge is 0.378 e. The van der Waals surface area contributed by atoms with Gasteiger partial charge in [0.25, 0.3) is 0 Å². The molecule has 1 atom stereocenters. The van der Waals surface area contributed by atoms with Crippen molar-refractivity contribution in [1.29, 1.82) is 0 Å². The van der Waals surface area contributed by atoms with Crippen LogP contribution in [0, 0.1) is 6.92 Å². The minimum Gasteiger partial charge on any atom is -0.378 e. The van der Waals surface area contributed by atoms with Gasteiger partial charge in [-0.1, -0.05) is 18.5 Å². The van der Waals surface area contributed by atoms with Gasteiger partial charge < -0.3 is 10.1 Å². The van der Waals surface area contributed by atoms with Gasteiger partial charge in [0.1, 0.15) is 0 Å². The summed E-state index contributed by atoms with van der Waals surface area (Å²) in [6.07, 6.45) is 5.55. The highest BCUT2D eigenvalue weighted by molar-refractivity contribution is 6.31. The van der Waals surface area contributed by atoms with E-state index in [1.807, 2.05) is 25.8 Å². The second-order valence-corrected chi connectivity index (χ2v) is 6.25. The number of aryl methyl sites for hydroxylation is 2. The summed E-state index contributed by atoms with van der Waals surface area (Å²) in [6, 6.07) is 0.382. The standard InChI is InChI=1S/C15H26ClN3O/c1-5-17-12(10-15(20-4)7-6-8-15)9-13-14(16)11(2)18-19(13)3/h12,17H,5-10H2,1-4H3. The molecule has 0 radical (unpaired) electrons. The summed E-state index contributed by atoms with van der Waals surface area (Å²) >= 11 is 6.37. The quantitative estimate of drug-likeness (QED) is 0.841. The molecule has 1 aromatic heterocycles. The topological polar surface area (TPSA) is 39.1 Å². The van der Waals surface area contributed by atoms with Crippen LogP contribution >= 0.6 is 11.6 Å². The lowest BCUT2D eigenvalue weighted by atomic mass is 9.75. The van der Waals surface area contributed by atoms with Crippen molar-refractivity contribution in [2.24, 2.45) is 7.05 Å². The number of aromatic nitrogens is 2. The molecule has 114 valence electrons. The Kier molecular flexibility index (Phi) is 5.10. The van der Waals surface area contributed by atoms with E-state index in [2.05, 4.69) is 17.3 Å². The number of ether oxygens (including phenoxy) is 1. The molecular weight excluding hydrogens is 274 g/mol. The maximum atomic E-state index is 6.37. The van der Waals surface area contributed by atoms with Crippen molar-refractivity contribution in [1.82, 2.24) is 15.1 Å². The smallest absolute Gasteiger partial charge is 0.0847 e. The number of halogens is 1. The van der Waals surface area contributed by atoms with Crippen molar-refractivity contribution < 1.29 is 4.74 Å². The molecule has 0 aromatic carbocycles. The highest BCUT2D eigenvalue weighted by Gasteiger charge is 2.39. The van der Waals surface area contributed by atoms with Gasteiger partial charge in [0, 0.05) is 26.6 Å². The van der Waals surface area contributed by atoms with Crippen LogP contribution in [-0.4, -0.2) is 35.1 Å². The molecule has 4 nitrogen and oxygen atoms in total. The molecule has 0 saturated heterocycles. The minimum atomic E-state index is 0.0763. The molecular formula is C15H26ClN3O. The average Bonchev–Trinajstić information content (AvgIpc) is 2.60. The normalized spacial score (nSPS) is 18.9. The molecule has 0 spiro atoms. The predicted octanol–water partition coefficient (Wildman–Crippen LogP) is 2.86. The number of hydrogen-bond acceptors (Lipinski definition) is 3. The van der Waals surface area contributed by atoms with Gasteiger partial charge in [0.05, 0.1) is 22.0 Å². The molecule has 1 heterocycles. The van der Waals surface area contributed by atoms with E-state index in [1.54, 1.807) is 0 Å². The Morgan fingerprint density at radius 1 is 1.50 bits per heavy atom. The fourth-order valence-electron chi connectivity index (χ4n) is 3.15. The van der Waals surface area contributed by atoms with Crippen LogP contribution in [0.4, 0.5) is 0 Å². The monoisotopic (exact) mass is 299 g/mol. The van der Waals surface area contributed by atoms with Crippen molar-refractivity contribution in [2.75, 3.05) is 13.7 Å². The molecule has 5 heteroatoms. The zero-order chi connectivity index (χ0) is 14.8. The van der Waals surface area contributed by atoms with E-state index in [4.69, 9.17) is 16.3 Å². The summed E-state index contributed by atoms with van der Waals surface area (Å²) in [6.45, 7) is 5.05. The molecule has 20 heavy (non-hydrogen) atoms. The Morgan fingerprint density at radius 2 is 2.20 bits per heavy atom. The Hall–Kier alpha value is -0.580. The lowest BCUT2D eigenvalue weighted by Crippen LogP contribution is -2.46. The van der Waals surface area contributed by atoms with Gasteiger partial charge in [-0.05, 0) is 39.2 Å². The molecule has 1 aliphatic rings. The maximum Gasteiger partial charge on any atom is 0.0847 e. The Bertz CT molecular complexity index is 449. The van der Waals surface area contributed by atoms with Crippen LogP contribution in [-0.2, 0) is 18.2 Å². The van der Waals surface area contributed by atoms with E-state index in [1.165, 1.54) is 19.3 Å². The number of rotatable bonds is 7. The first-order valence-electron chi connectivity index (χ1n) is 7.48. The molecule has 2 rings (SSSR count). The van der Waals surface area contributed by atoms with Crippen LogP contribution < -0.4 is 5.32 Å². The van der Waals surface area contributed by atoms with E-state index >= 15 is 0 Å². The zero-order valence-corrected chi connectivity index (χ0v) is 13.8.